The van der Waals surface area contributed by atoms with Crippen LogP contribution >= 0.6 is 0 Å². The van der Waals surface area contributed by atoms with E-state index in [-0.39, 0.29) is 0 Å². The molecule has 0 unspecified atom stereocenters. The van der Waals surface area contributed by atoms with Crippen molar-refractivity contribution in [2.75, 3.05) is 22.4 Å². The Bertz CT molecular complexity index is 120. The van der Waals surface area contributed by atoms with E-state index < -0.39 is 0 Å². The van der Waals surface area contributed by atoms with Gasteiger partial charge in [-0.15, -0.1) is 0 Å². The topological polar surface area (TPSA) is 3.24 Å². The van der Waals surface area contributed by atoms with Gasteiger partial charge in [0.1, 0.15) is 0 Å². The first-order valence-corrected chi connectivity index (χ1v) is 6.63. The Morgan fingerprint density at radius 2 is 2.22 bits per heavy atom. The Balaban J connectivity index is 2.03. The number of hydrogen-bond acceptors (Lipinski definition) is 1. The first-order valence-electron chi connectivity index (χ1n) is 3.58. The molecule has 1 aliphatic carbocycles. The van der Waals surface area contributed by atoms with Crippen LogP contribution in [0.15, 0.2) is 0 Å². The van der Waals surface area contributed by atoms with Gasteiger partial charge in [-0.3, -0.25) is 0 Å². The first kappa shape index (κ1) is 6.40. The van der Waals surface area contributed by atoms with Crippen LogP contribution in [0.3, 0.4) is 0 Å². The molecule has 1 spiro atoms. The van der Waals surface area contributed by atoms with Gasteiger partial charge in [0.05, 0.1) is 0 Å². The summed E-state index contributed by atoms with van der Waals surface area (Å²) in [5.74, 6) is 0. The minimum absolute atomic E-state index is 0.619. The summed E-state index contributed by atoms with van der Waals surface area (Å²) in [6, 6.07) is 0. The second-order valence-electron chi connectivity index (χ2n) is 3.16. The van der Waals surface area contributed by atoms with Gasteiger partial charge in [-0.2, -0.15) is 0 Å². The molecular formula is C7H13IN-. The van der Waals surface area contributed by atoms with Crippen LogP contribution in [-0.4, -0.2) is 32.9 Å². The molecule has 54 valence electrons. The Morgan fingerprint density at radius 1 is 1.44 bits per heavy atom. The second kappa shape index (κ2) is 2.09. The Kier molecular flexibility index (Phi) is 1.49. The first-order chi connectivity index (χ1) is 4.33. The van der Waals surface area contributed by atoms with Crippen LogP contribution in [0.4, 0.5) is 0 Å². The van der Waals surface area contributed by atoms with E-state index in [2.05, 4.69) is 11.9 Å². The summed E-state index contributed by atoms with van der Waals surface area (Å²) >= 11 is 0.619. The fraction of sp³-hybridized carbons (Fsp3) is 1.00. The Labute approximate surface area is 67.1 Å². The summed E-state index contributed by atoms with van der Waals surface area (Å²) in [4.78, 5) is 2.59. The third kappa shape index (κ3) is 1.00. The normalized spacial score (nSPS) is 33.9. The van der Waals surface area contributed by atoms with E-state index in [1.807, 2.05) is 0 Å². The van der Waals surface area contributed by atoms with Gasteiger partial charge < -0.3 is 0 Å². The zero-order chi connectivity index (χ0) is 6.32. The maximum atomic E-state index is 2.59. The number of rotatable bonds is 0. The summed E-state index contributed by atoms with van der Waals surface area (Å²) in [7, 11) is 2.30. The summed E-state index contributed by atoms with van der Waals surface area (Å²) in [6.45, 7) is 1.40. The van der Waals surface area contributed by atoms with Gasteiger partial charge in [0.15, 0.2) is 0 Å². The predicted molar refractivity (Wildman–Crippen MR) is 34.3 cm³/mol. The van der Waals surface area contributed by atoms with Crippen molar-refractivity contribution in [3.05, 3.63) is 0 Å². The fourth-order valence-corrected chi connectivity index (χ4v) is 5.22. The molecule has 0 atom stereocenters. The molecule has 2 fully saturated rings. The standard InChI is InChI=1S/C7H13IN/c1-9-5-4-8-6-7(9)2-3-7/h2-6H2,1H3/q-1. The van der Waals surface area contributed by atoms with Crippen molar-refractivity contribution in [3.8, 4) is 0 Å². The molecule has 9 heavy (non-hydrogen) atoms. The van der Waals surface area contributed by atoms with Crippen molar-refractivity contribution in [1.82, 2.24) is 4.90 Å². The third-order valence-corrected chi connectivity index (χ3v) is 5.74. The van der Waals surface area contributed by atoms with E-state index in [9.17, 15) is 0 Å². The Hall–Kier alpha value is 0.690. The zero-order valence-electron chi connectivity index (χ0n) is 5.86. The number of nitrogens with zero attached hydrogens (tertiary/aromatic N) is 1. The zero-order valence-corrected chi connectivity index (χ0v) is 8.02. The molecule has 0 bridgehead atoms. The van der Waals surface area contributed by atoms with Gasteiger partial charge in [-0.05, 0) is 0 Å². The summed E-state index contributed by atoms with van der Waals surface area (Å²) in [5.41, 5.74) is 0.769. The maximum absolute atomic E-state index is 2.59. The summed E-state index contributed by atoms with van der Waals surface area (Å²) in [6.07, 6.45) is 3.01. The molecule has 0 aromatic rings. The van der Waals surface area contributed by atoms with E-state index in [1.165, 1.54) is 23.8 Å². The molecule has 1 heterocycles. The van der Waals surface area contributed by atoms with E-state index in [0.717, 1.165) is 5.54 Å². The van der Waals surface area contributed by atoms with Crippen LogP contribution in [-0.2, 0) is 0 Å². The summed E-state index contributed by atoms with van der Waals surface area (Å²) in [5, 5.41) is 0. The van der Waals surface area contributed by atoms with Crippen molar-refractivity contribution >= 4 is 0 Å². The van der Waals surface area contributed by atoms with Crippen LogP contribution in [0.25, 0.3) is 0 Å². The molecule has 2 rings (SSSR count). The van der Waals surface area contributed by atoms with Crippen LogP contribution in [0, 0.1) is 0 Å². The molecule has 0 aromatic carbocycles. The van der Waals surface area contributed by atoms with Crippen molar-refractivity contribution in [2.45, 2.75) is 18.4 Å². The molecule has 1 aliphatic heterocycles. The molecule has 0 amide bonds. The van der Waals surface area contributed by atoms with E-state index in [4.69, 9.17) is 0 Å². The van der Waals surface area contributed by atoms with Crippen LogP contribution in [0.2, 0.25) is 0 Å². The number of alkyl halides is 2. The molecule has 0 radical (unpaired) electrons. The predicted octanol–water partition coefficient (Wildman–Crippen LogP) is -2.45. The molecule has 1 saturated heterocycles. The summed E-state index contributed by atoms with van der Waals surface area (Å²) < 4.78 is 3.12. The molecule has 0 aromatic heterocycles. The van der Waals surface area contributed by atoms with E-state index >= 15 is 0 Å². The molecule has 1 saturated carbocycles. The van der Waals surface area contributed by atoms with E-state index in [0.29, 0.717) is 21.2 Å². The average Bonchev–Trinajstić information content (AvgIpc) is 2.60. The van der Waals surface area contributed by atoms with Crippen LogP contribution < -0.4 is 21.2 Å². The molecule has 0 N–H and O–H groups in total. The van der Waals surface area contributed by atoms with Crippen molar-refractivity contribution in [2.24, 2.45) is 0 Å². The van der Waals surface area contributed by atoms with Gasteiger partial charge in [-0.1, -0.05) is 0 Å². The third-order valence-electron chi connectivity index (χ3n) is 2.53. The number of halogens is 1. The van der Waals surface area contributed by atoms with Gasteiger partial charge in [0.2, 0.25) is 0 Å². The van der Waals surface area contributed by atoms with Crippen molar-refractivity contribution < 1.29 is 21.2 Å². The monoisotopic (exact) mass is 238 g/mol. The average molecular weight is 238 g/mol. The van der Waals surface area contributed by atoms with Crippen LogP contribution in [0.5, 0.6) is 0 Å². The Morgan fingerprint density at radius 3 is 2.67 bits per heavy atom. The van der Waals surface area contributed by atoms with Gasteiger partial charge >= 0.3 is 66.9 Å². The quantitative estimate of drug-likeness (QED) is 0.334. The van der Waals surface area contributed by atoms with Crippen molar-refractivity contribution in [1.29, 1.82) is 0 Å². The van der Waals surface area contributed by atoms with Gasteiger partial charge in [0.25, 0.3) is 0 Å². The minimum atomic E-state index is 0.619. The molecular weight excluding hydrogens is 225 g/mol. The fourth-order valence-electron chi connectivity index (χ4n) is 1.43. The van der Waals surface area contributed by atoms with Gasteiger partial charge in [-0.25, -0.2) is 0 Å². The SMILES string of the molecule is CN1CC[I-]CC12CC2. The van der Waals surface area contributed by atoms with Crippen LogP contribution in [0.1, 0.15) is 12.8 Å². The molecule has 2 heteroatoms. The van der Waals surface area contributed by atoms with Gasteiger partial charge in [0, 0.05) is 0 Å². The molecule has 1 nitrogen and oxygen atoms in total. The van der Waals surface area contributed by atoms with E-state index in [1.54, 1.807) is 4.43 Å². The van der Waals surface area contributed by atoms with Crippen molar-refractivity contribution in [3.63, 3.8) is 0 Å². The number of hydrogen-bond donors (Lipinski definition) is 0. The molecule has 2 aliphatic rings. The second-order valence-corrected chi connectivity index (χ2v) is 6.08.